The van der Waals surface area contributed by atoms with E-state index in [1.54, 1.807) is 18.2 Å². The summed E-state index contributed by atoms with van der Waals surface area (Å²) in [5, 5.41) is 0. The predicted molar refractivity (Wildman–Crippen MR) is 52.0 cm³/mol. The van der Waals surface area contributed by atoms with Gasteiger partial charge in [0.2, 0.25) is 0 Å². The zero-order valence-corrected chi connectivity index (χ0v) is 8.54. The van der Waals surface area contributed by atoms with Gasteiger partial charge in [0.15, 0.2) is 9.84 Å². The summed E-state index contributed by atoms with van der Waals surface area (Å²) in [6, 6.07) is 5.12. The van der Waals surface area contributed by atoms with E-state index in [9.17, 15) is 13.2 Å². The zero-order chi connectivity index (χ0) is 10.3. The van der Waals surface area contributed by atoms with E-state index in [2.05, 4.69) is 0 Å². The largest absolute Gasteiger partial charge is 0.303 e. The van der Waals surface area contributed by atoms with E-state index in [0.29, 0.717) is 16.7 Å². The first-order valence-corrected chi connectivity index (χ1v) is 5.98. The van der Waals surface area contributed by atoms with Crippen molar-refractivity contribution in [1.29, 1.82) is 0 Å². The minimum Gasteiger partial charge on any atom is -0.303 e. The van der Waals surface area contributed by atoms with Crippen LogP contribution in [0.25, 0.3) is 0 Å². The molecule has 0 fully saturated rings. The number of hydrogen-bond acceptors (Lipinski definition) is 3. The van der Waals surface area contributed by atoms with E-state index in [-0.39, 0.29) is 5.75 Å². The van der Waals surface area contributed by atoms with Gasteiger partial charge in [-0.2, -0.15) is 0 Å². The van der Waals surface area contributed by atoms with Crippen LogP contribution in [0.5, 0.6) is 0 Å². The van der Waals surface area contributed by atoms with Gasteiger partial charge in [0.1, 0.15) is 6.29 Å². The fourth-order valence-electron chi connectivity index (χ4n) is 1.77. The normalized spacial score (nSPS) is 23.1. The Morgan fingerprint density at radius 1 is 1.43 bits per heavy atom. The van der Waals surface area contributed by atoms with Crippen molar-refractivity contribution >= 4 is 16.1 Å². The fourth-order valence-corrected chi connectivity index (χ4v) is 3.52. The first-order chi connectivity index (χ1) is 6.54. The molecule has 0 amide bonds. The topological polar surface area (TPSA) is 51.2 Å². The molecular weight excluding hydrogens is 200 g/mol. The fraction of sp³-hybridized carbons (Fsp3) is 0.300. The quantitative estimate of drug-likeness (QED) is 0.651. The van der Waals surface area contributed by atoms with Gasteiger partial charge < -0.3 is 4.79 Å². The highest BCUT2D eigenvalue weighted by atomic mass is 32.2. The van der Waals surface area contributed by atoms with Crippen molar-refractivity contribution in [2.24, 2.45) is 0 Å². The smallest absolute Gasteiger partial charge is 0.179 e. The Balaban J connectivity index is 2.71. The van der Waals surface area contributed by atoms with E-state index >= 15 is 0 Å². The van der Waals surface area contributed by atoms with Crippen molar-refractivity contribution in [3.8, 4) is 0 Å². The summed E-state index contributed by atoms with van der Waals surface area (Å²) in [5.41, 5.74) is 1.63. The molecule has 3 nitrogen and oxygen atoms in total. The van der Waals surface area contributed by atoms with Crippen LogP contribution in [-0.4, -0.2) is 20.5 Å². The molecule has 14 heavy (non-hydrogen) atoms. The molecule has 1 atom stereocenters. The van der Waals surface area contributed by atoms with Gasteiger partial charge in [0.25, 0.3) is 0 Å². The van der Waals surface area contributed by atoms with Crippen LogP contribution < -0.4 is 0 Å². The minimum absolute atomic E-state index is 0.0741. The van der Waals surface area contributed by atoms with Crippen molar-refractivity contribution in [1.82, 2.24) is 0 Å². The Kier molecular flexibility index (Phi) is 1.96. The maximum Gasteiger partial charge on any atom is 0.179 e. The van der Waals surface area contributed by atoms with Crippen LogP contribution in [0.2, 0.25) is 0 Å². The van der Waals surface area contributed by atoms with Gasteiger partial charge in [-0.25, -0.2) is 8.42 Å². The van der Waals surface area contributed by atoms with E-state index < -0.39 is 15.8 Å². The molecule has 1 aromatic carbocycles. The lowest BCUT2D eigenvalue weighted by Gasteiger charge is -2.01. The molecule has 2 rings (SSSR count). The average Bonchev–Trinajstić information content (AvgIpc) is 2.37. The van der Waals surface area contributed by atoms with Crippen LogP contribution in [0.1, 0.15) is 17.0 Å². The van der Waals surface area contributed by atoms with Crippen LogP contribution in [-0.2, 0) is 14.6 Å². The molecule has 0 radical (unpaired) electrons. The van der Waals surface area contributed by atoms with E-state index in [0.717, 1.165) is 5.56 Å². The van der Waals surface area contributed by atoms with Crippen LogP contribution in [0, 0.1) is 6.92 Å². The summed E-state index contributed by atoms with van der Waals surface area (Å²) in [5.74, 6) is -0.551. The maximum absolute atomic E-state index is 11.6. The number of benzene rings is 1. The lowest BCUT2D eigenvalue weighted by atomic mass is 10.0. The van der Waals surface area contributed by atoms with Gasteiger partial charge in [0.05, 0.1) is 16.6 Å². The highest BCUT2D eigenvalue weighted by molar-refractivity contribution is 7.91. The number of rotatable bonds is 1. The predicted octanol–water partition coefficient (Wildman–Crippen LogP) is 1.06. The molecule has 1 heterocycles. The number of aldehydes is 1. The number of carbonyl (C=O) groups is 1. The van der Waals surface area contributed by atoms with Crippen molar-refractivity contribution in [2.45, 2.75) is 17.7 Å². The molecule has 1 aliphatic heterocycles. The first-order valence-electron chi connectivity index (χ1n) is 4.33. The monoisotopic (exact) mass is 210 g/mol. The highest BCUT2D eigenvalue weighted by Crippen LogP contribution is 2.34. The molecule has 0 N–H and O–H groups in total. The molecule has 4 heteroatoms. The summed E-state index contributed by atoms with van der Waals surface area (Å²) >= 11 is 0. The van der Waals surface area contributed by atoms with E-state index in [1.807, 2.05) is 6.92 Å². The number of carbonyl (C=O) groups excluding carboxylic acids is 1. The summed E-state index contributed by atoms with van der Waals surface area (Å²) in [6.45, 7) is 1.88. The SMILES string of the molecule is Cc1ccc2c(c1)C(C=O)CS2(=O)=O. The van der Waals surface area contributed by atoms with Gasteiger partial charge in [0, 0.05) is 0 Å². The number of sulfone groups is 1. The van der Waals surface area contributed by atoms with Gasteiger partial charge in [-0.3, -0.25) is 0 Å². The summed E-state index contributed by atoms with van der Waals surface area (Å²) in [6.07, 6.45) is 0.711. The van der Waals surface area contributed by atoms with Crippen LogP contribution >= 0.6 is 0 Å². The molecular formula is C10H10O3S. The van der Waals surface area contributed by atoms with Crippen LogP contribution in [0.4, 0.5) is 0 Å². The Morgan fingerprint density at radius 3 is 2.79 bits per heavy atom. The molecule has 0 saturated carbocycles. The Bertz CT molecular complexity index is 488. The molecule has 0 aromatic heterocycles. The summed E-state index contributed by atoms with van der Waals surface area (Å²) in [4.78, 5) is 11.0. The van der Waals surface area contributed by atoms with Crippen molar-refractivity contribution in [3.05, 3.63) is 29.3 Å². The second kappa shape index (κ2) is 2.92. The van der Waals surface area contributed by atoms with Crippen molar-refractivity contribution < 1.29 is 13.2 Å². The van der Waals surface area contributed by atoms with Gasteiger partial charge in [-0.05, 0) is 18.6 Å². The summed E-state index contributed by atoms with van der Waals surface area (Å²) < 4.78 is 23.1. The number of aryl methyl sites for hydroxylation is 1. The van der Waals surface area contributed by atoms with Gasteiger partial charge in [-0.1, -0.05) is 17.7 Å². The highest BCUT2D eigenvalue weighted by Gasteiger charge is 2.34. The Labute approximate surface area is 82.7 Å². The minimum atomic E-state index is -3.21. The Hall–Kier alpha value is -1.16. The third-order valence-electron chi connectivity index (χ3n) is 2.46. The lowest BCUT2D eigenvalue weighted by molar-refractivity contribution is -0.108. The second-order valence-corrected chi connectivity index (χ2v) is 5.57. The Morgan fingerprint density at radius 2 is 2.14 bits per heavy atom. The molecule has 0 spiro atoms. The van der Waals surface area contributed by atoms with Crippen molar-refractivity contribution in [3.63, 3.8) is 0 Å². The third kappa shape index (κ3) is 1.26. The summed E-state index contributed by atoms with van der Waals surface area (Å²) in [7, 11) is -3.21. The van der Waals surface area contributed by atoms with E-state index in [4.69, 9.17) is 0 Å². The molecule has 0 bridgehead atoms. The van der Waals surface area contributed by atoms with Crippen molar-refractivity contribution in [2.75, 3.05) is 5.75 Å². The number of hydrogen-bond donors (Lipinski definition) is 0. The number of fused-ring (bicyclic) bond motifs is 1. The second-order valence-electron chi connectivity index (χ2n) is 3.57. The molecule has 1 aliphatic rings. The standard InChI is InChI=1S/C10H10O3S/c1-7-2-3-10-9(4-7)8(5-11)6-14(10,12)13/h2-5,8H,6H2,1H3. The third-order valence-corrected chi connectivity index (χ3v) is 4.30. The van der Waals surface area contributed by atoms with Gasteiger partial charge in [-0.15, -0.1) is 0 Å². The lowest BCUT2D eigenvalue weighted by Crippen LogP contribution is -2.03. The first kappa shape index (κ1) is 9.40. The average molecular weight is 210 g/mol. The molecule has 1 aromatic rings. The van der Waals surface area contributed by atoms with E-state index in [1.165, 1.54) is 0 Å². The maximum atomic E-state index is 11.6. The molecule has 0 aliphatic carbocycles. The molecule has 0 saturated heterocycles. The van der Waals surface area contributed by atoms with Crippen LogP contribution in [0.3, 0.4) is 0 Å². The van der Waals surface area contributed by atoms with Gasteiger partial charge >= 0.3 is 0 Å². The zero-order valence-electron chi connectivity index (χ0n) is 7.73. The van der Waals surface area contributed by atoms with Crippen LogP contribution in [0.15, 0.2) is 23.1 Å². The molecule has 1 unspecified atom stereocenters. The molecule has 74 valence electrons.